The van der Waals surface area contributed by atoms with Crippen LogP contribution in [0.15, 0.2) is 24.3 Å². The molecule has 2 aliphatic heterocycles. The van der Waals surface area contributed by atoms with Gasteiger partial charge >= 0.3 is 6.09 Å². The van der Waals surface area contributed by atoms with Gasteiger partial charge in [0.05, 0.1) is 19.3 Å². The second-order valence-corrected chi connectivity index (χ2v) is 5.43. The molecule has 5 heteroatoms. The first-order valence-electron chi connectivity index (χ1n) is 7.51. The van der Waals surface area contributed by atoms with E-state index in [1.807, 2.05) is 38.1 Å². The normalized spacial score (nSPS) is 27.0. The van der Waals surface area contributed by atoms with Crippen molar-refractivity contribution < 1.29 is 19.0 Å². The maximum atomic E-state index is 11.8. The van der Waals surface area contributed by atoms with Crippen LogP contribution in [0.2, 0.25) is 0 Å². The Morgan fingerprint density at radius 3 is 2.62 bits per heavy atom. The van der Waals surface area contributed by atoms with Crippen LogP contribution in [0.3, 0.4) is 0 Å². The van der Waals surface area contributed by atoms with Crippen molar-refractivity contribution in [1.29, 1.82) is 0 Å². The number of carbonyl (C=O) groups excluding carboxylic acids is 1. The maximum absolute atomic E-state index is 11.8. The van der Waals surface area contributed by atoms with E-state index in [0.29, 0.717) is 19.8 Å². The molecule has 0 aliphatic carbocycles. The molecule has 0 saturated carbocycles. The number of amides is 1. The number of cyclic esters (lactones) is 1. The van der Waals surface area contributed by atoms with Crippen LogP contribution < -0.4 is 0 Å². The largest absolute Gasteiger partial charge is 0.439 e. The molecule has 5 nitrogen and oxygen atoms in total. The van der Waals surface area contributed by atoms with Crippen molar-refractivity contribution >= 4 is 6.09 Å². The minimum atomic E-state index is -0.312. The summed E-state index contributed by atoms with van der Waals surface area (Å²) in [7, 11) is 0. The van der Waals surface area contributed by atoms with Gasteiger partial charge in [-0.05, 0) is 31.9 Å². The third kappa shape index (κ3) is 2.76. The fourth-order valence-electron chi connectivity index (χ4n) is 2.93. The molecule has 0 aromatic heterocycles. The molecular formula is C16H21NO4. The molecule has 0 bridgehead atoms. The Labute approximate surface area is 124 Å². The molecule has 0 radical (unpaired) electrons. The summed E-state index contributed by atoms with van der Waals surface area (Å²) in [6.07, 6.45) is 0.138. The van der Waals surface area contributed by atoms with E-state index in [1.165, 1.54) is 0 Å². The topological polar surface area (TPSA) is 48.0 Å². The Morgan fingerprint density at radius 1 is 1.24 bits per heavy atom. The first kappa shape index (κ1) is 14.4. The SMILES string of the molecule is CCN1C(=O)O[C@H](c2cccc(C3OCCCO3)c2)[C@@H]1C. The molecule has 0 N–H and O–H groups in total. The van der Waals surface area contributed by atoms with E-state index in [2.05, 4.69) is 0 Å². The lowest BCUT2D eigenvalue weighted by atomic mass is 10.0. The summed E-state index contributed by atoms with van der Waals surface area (Å²) in [6.45, 7) is 6.06. The van der Waals surface area contributed by atoms with Gasteiger partial charge in [-0.1, -0.05) is 18.2 Å². The molecule has 1 aromatic rings. The molecule has 0 spiro atoms. The van der Waals surface area contributed by atoms with Gasteiger partial charge in [-0.25, -0.2) is 4.79 Å². The van der Waals surface area contributed by atoms with Crippen molar-refractivity contribution in [1.82, 2.24) is 4.90 Å². The number of likely N-dealkylation sites (N-methyl/N-ethyl adjacent to an activating group) is 1. The number of hydrogen-bond acceptors (Lipinski definition) is 4. The minimum absolute atomic E-state index is 0.0333. The van der Waals surface area contributed by atoms with Crippen LogP contribution in [0.1, 0.15) is 43.8 Å². The average Bonchev–Trinajstić information content (AvgIpc) is 2.82. The van der Waals surface area contributed by atoms with E-state index in [1.54, 1.807) is 4.90 Å². The van der Waals surface area contributed by atoms with Crippen molar-refractivity contribution in [2.45, 2.75) is 38.7 Å². The van der Waals surface area contributed by atoms with Gasteiger partial charge in [0.25, 0.3) is 0 Å². The fourth-order valence-corrected chi connectivity index (χ4v) is 2.93. The highest BCUT2D eigenvalue weighted by molar-refractivity contribution is 5.71. The van der Waals surface area contributed by atoms with Crippen LogP contribution >= 0.6 is 0 Å². The number of ether oxygens (including phenoxy) is 3. The van der Waals surface area contributed by atoms with Crippen molar-refractivity contribution in [3.05, 3.63) is 35.4 Å². The Balaban J connectivity index is 1.81. The lowest BCUT2D eigenvalue weighted by Gasteiger charge is -2.24. The Hall–Kier alpha value is -1.59. The lowest BCUT2D eigenvalue weighted by Crippen LogP contribution is -2.31. The van der Waals surface area contributed by atoms with E-state index in [0.717, 1.165) is 17.5 Å². The fraction of sp³-hybridized carbons (Fsp3) is 0.562. The van der Waals surface area contributed by atoms with Crippen molar-refractivity contribution in [3.63, 3.8) is 0 Å². The first-order chi connectivity index (χ1) is 10.2. The number of hydrogen-bond donors (Lipinski definition) is 0. The number of rotatable bonds is 3. The first-order valence-corrected chi connectivity index (χ1v) is 7.51. The second kappa shape index (κ2) is 6.03. The van der Waals surface area contributed by atoms with Crippen LogP contribution in [-0.4, -0.2) is 36.8 Å². The van der Waals surface area contributed by atoms with Gasteiger partial charge < -0.3 is 19.1 Å². The van der Waals surface area contributed by atoms with Crippen LogP contribution in [0.25, 0.3) is 0 Å². The quantitative estimate of drug-likeness (QED) is 0.859. The Bertz CT molecular complexity index is 513. The van der Waals surface area contributed by atoms with Gasteiger partial charge in [0.1, 0.15) is 6.10 Å². The Morgan fingerprint density at radius 2 is 1.95 bits per heavy atom. The molecule has 0 unspecified atom stereocenters. The van der Waals surface area contributed by atoms with Gasteiger partial charge in [0.15, 0.2) is 6.29 Å². The monoisotopic (exact) mass is 291 g/mol. The molecule has 1 amide bonds. The molecule has 2 atom stereocenters. The Kier molecular flexibility index (Phi) is 4.12. The second-order valence-electron chi connectivity index (χ2n) is 5.43. The smallest absolute Gasteiger partial charge is 0.410 e. The predicted octanol–water partition coefficient (Wildman–Crippen LogP) is 3.02. The average molecular weight is 291 g/mol. The molecular weight excluding hydrogens is 270 g/mol. The molecule has 2 saturated heterocycles. The van der Waals surface area contributed by atoms with Crippen LogP contribution in [0.4, 0.5) is 4.79 Å². The summed E-state index contributed by atoms with van der Waals surface area (Å²) in [5.41, 5.74) is 1.97. The standard InChI is InChI=1S/C16H21NO4/c1-3-17-11(2)14(21-16(17)18)12-6-4-7-13(10-12)15-19-8-5-9-20-15/h4,6-7,10-11,14-15H,3,5,8-9H2,1-2H3/t11-,14-/m0/s1. The van der Waals surface area contributed by atoms with Gasteiger partial charge in [0, 0.05) is 12.1 Å². The highest BCUT2D eigenvalue weighted by Gasteiger charge is 2.38. The summed E-state index contributed by atoms with van der Waals surface area (Å²) in [5, 5.41) is 0. The zero-order valence-electron chi connectivity index (χ0n) is 12.5. The zero-order chi connectivity index (χ0) is 14.8. The third-order valence-corrected chi connectivity index (χ3v) is 4.07. The molecule has 2 aliphatic rings. The van der Waals surface area contributed by atoms with Gasteiger partial charge in [-0.3, -0.25) is 0 Å². The van der Waals surface area contributed by atoms with E-state index >= 15 is 0 Å². The third-order valence-electron chi connectivity index (χ3n) is 4.07. The molecule has 3 rings (SSSR count). The summed E-state index contributed by atoms with van der Waals surface area (Å²) in [6, 6.07) is 7.98. The molecule has 114 valence electrons. The van der Waals surface area contributed by atoms with Crippen LogP contribution in [0, 0.1) is 0 Å². The molecule has 2 heterocycles. The van der Waals surface area contributed by atoms with E-state index in [9.17, 15) is 4.79 Å². The van der Waals surface area contributed by atoms with Gasteiger partial charge in [-0.15, -0.1) is 0 Å². The summed E-state index contributed by atoms with van der Waals surface area (Å²) >= 11 is 0. The molecule has 2 fully saturated rings. The van der Waals surface area contributed by atoms with E-state index in [-0.39, 0.29) is 24.5 Å². The highest BCUT2D eigenvalue weighted by atomic mass is 16.7. The van der Waals surface area contributed by atoms with Crippen LogP contribution in [-0.2, 0) is 14.2 Å². The molecule has 21 heavy (non-hydrogen) atoms. The predicted molar refractivity (Wildman–Crippen MR) is 76.8 cm³/mol. The number of benzene rings is 1. The zero-order valence-corrected chi connectivity index (χ0v) is 12.5. The number of carbonyl (C=O) groups is 1. The van der Waals surface area contributed by atoms with Gasteiger partial charge in [0.2, 0.25) is 0 Å². The number of nitrogens with zero attached hydrogens (tertiary/aromatic N) is 1. The van der Waals surface area contributed by atoms with Gasteiger partial charge in [-0.2, -0.15) is 0 Å². The van der Waals surface area contributed by atoms with Crippen molar-refractivity contribution in [2.75, 3.05) is 19.8 Å². The summed E-state index contributed by atoms with van der Waals surface area (Å²) in [5.74, 6) is 0. The summed E-state index contributed by atoms with van der Waals surface area (Å²) < 4.78 is 16.8. The maximum Gasteiger partial charge on any atom is 0.410 e. The molecule has 1 aromatic carbocycles. The van der Waals surface area contributed by atoms with Crippen LogP contribution in [0.5, 0.6) is 0 Å². The van der Waals surface area contributed by atoms with Crippen molar-refractivity contribution in [2.24, 2.45) is 0 Å². The van der Waals surface area contributed by atoms with E-state index < -0.39 is 0 Å². The van der Waals surface area contributed by atoms with Crippen molar-refractivity contribution in [3.8, 4) is 0 Å². The highest BCUT2D eigenvalue weighted by Crippen LogP contribution is 2.34. The minimum Gasteiger partial charge on any atom is -0.439 e. The lowest BCUT2D eigenvalue weighted by molar-refractivity contribution is -0.183. The summed E-state index contributed by atoms with van der Waals surface area (Å²) in [4.78, 5) is 13.6. The van der Waals surface area contributed by atoms with E-state index in [4.69, 9.17) is 14.2 Å².